The Morgan fingerprint density at radius 3 is 2.66 bits per heavy atom. The van der Waals surface area contributed by atoms with E-state index in [2.05, 4.69) is 21.0 Å². The molecule has 0 radical (unpaired) electrons. The number of nitrogens with zero attached hydrogens (tertiary/aromatic N) is 2. The Labute approximate surface area is 247 Å². The summed E-state index contributed by atoms with van der Waals surface area (Å²) in [6.07, 6.45) is 3.10. The van der Waals surface area contributed by atoms with Gasteiger partial charge in [0.2, 0.25) is 11.8 Å². The van der Waals surface area contributed by atoms with Gasteiger partial charge in [0.05, 0.1) is 7.11 Å². The SMILES string of the molecule is COC(=O)[C@@H]1CCCN(C(=O)[C@H](Cc2cccc(O)c2)NC(=O)C(NC(=O)CCSSc2ccccn2)C(C)C)N1. The average Bonchev–Trinajstić information content (AvgIpc) is 2.97. The number of benzene rings is 1. The maximum atomic E-state index is 13.6. The second-order valence-electron chi connectivity index (χ2n) is 9.88. The van der Waals surface area contributed by atoms with Crippen LogP contribution in [0.3, 0.4) is 0 Å². The van der Waals surface area contributed by atoms with E-state index in [0.29, 0.717) is 30.7 Å². The molecule has 2 aromatic rings. The summed E-state index contributed by atoms with van der Waals surface area (Å²) in [6.45, 7) is 3.97. The number of esters is 1. The van der Waals surface area contributed by atoms with Gasteiger partial charge >= 0.3 is 5.97 Å². The number of phenolic OH excluding ortho intramolecular Hbond substituents is 1. The highest BCUT2D eigenvalue weighted by Crippen LogP contribution is 2.29. The van der Waals surface area contributed by atoms with Crippen LogP contribution in [0, 0.1) is 5.92 Å². The predicted octanol–water partition coefficient (Wildman–Crippen LogP) is 2.45. The van der Waals surface area contributed by atoms with Crippen molar-refractivity contribution in [2.75, 3.05) is 19.4 Å². The Bertz CT molecular complexity index is 1190. The second-order valence-corrected chi connectivity index (χ2v) is 12.3. The number of carbonyl (C=O) groups excluding carboxylic acids is 4. The maximum absolute atomic E-state index is 13.6. The number of rotatable bonds is 13. The van der Waals surface area contributed by atoms with Crippen molar-refractivity contribution in [2.45, 2.75) is 62.7 Å². The lowest BCUT2D eigenvalue weighted by Crippen LogP contribution is -2.62. The Morgan fingerprint density at radius 1 is 1.17 bits per heavy atom. The van der Waals surface area contributed by atoms with Crippen LogP contribution >= 0.6 is 21.6 Å². The molecule has 2 heterocycles. The molecule has 1 aliphatic rings. The third kappa shape index (κ3) is 10.2. The minimum atomic E-state index is -1.02. The largest absolute Gasteiger partial charge is 0.508 e. The molecule has 4 N–H and O–H groups in total. The molecule has 0 aliphatic carbocycles. The Kier molecular flexibility index (Phi) is 12.8. The molecule has 13 heteroatoms. The molecule has 1 unspecified atom stereocenters. The molecule has 3 atom stereocenters. The first-order valence-corrected chi connectivity index (χ1v) is 15.7. The zero-order chi connectivity index (χ0) is 29.8. The molecule has 11 nitrogen and oxygen atoms in total. The van der Waals surface area contributed by atoms with E-state index in [1.807, 2.05) is 32.0 Å². The van der Waals surface area contributed by atoms with Gasteiger partial charge in [-0.25, -0.2) is 10.4 Å². The molecule has 0 spiro atoms. The lowest BCUT2D eigenvalue weighted by Gasteiger charge is -2.35. The number of hydrazine groups is 1. The highest BCUT2D eigenvalue weighted by atomic mass is 33.1. The third-order valence-electron chi connectivity index (χ3n) is 6.36. The van der Waals surface area contributed by atoms with Crippen LogP contribution < -0.4 is 16.1 Å². The normalized spacial score (nSPS) is 16.5. The van der Waals surface area contributed by atoms with Gasteiger partial charge in [-0.3, -0.25) is 24.2 Å². The van der Waals surface area contributed by atoms with Crippen molar-refractivity contribution >= 4 is 45.3 Å². The summed E-state index contributed by atoms with van der Waals surface area (Å²) in [5.41, 5.74) is 3.55. The van der Waals surface area contributed by atoms with E-state index in [1.54, 1.807) is 18.3 Å². The van der Waals surface area contributed by atoms with Gasteiger partial charge in [0.25, 0.3) is 5.91 Å². The van der Waals surface area contributed by atoms with Crippen molar-refractivity contribution in [3.63, 3.8) is 0 Å². The number of hydrogen-bond donors (Lipinski definition) is 4. The van der Waals surface area contributed by atoms with Crippen molar-refractivity contribution < 1.29 is 29.0 Å². The number of ether oxygens (including phenoxy) is 1. The van der Waals surface area contributed by atoms with Crippen LogP contribution in [0.15, 0.2) is 53.7 Å². The van der Waals surface area contributed by atoms with Crippen LogP contribution in [0.25, 0.3) is 0 Å². The van der Waals surface area contributed by atoms with Crippen LogP contribution in [0.5, 0.6) is 5.75 Å². The summed E-state index contributed by atoms with van der Waals surface area (Å²) in [5.74, 6) is -1.37. The molecular weight excluding hydrogens is 566 g/mol. The van der Waals surface area contributed by atoms with Crippen molar-refractivity contribution in [3.05, 3.63) is 54.2 Å². The van der Waals surface area contributed by atoms with E-state index < -0.39 is 35.9 Å². The molecule has 1 aromatic carbocycles. The van der Waals surface area contributed by atoms with Gasteiger partial charge in [-0.05, 0) is 59.4 Å². The molecule has 1 saturated heterocycles. The van der Waals surface area contributed by atoms with Gasteiger partial charge in [0.15, 0.2) is 0 Å². The lowest BCUT2D eigenvalue weighted by molar-refractivity contribution is -0.151. The van der Waals surface area contributed by atoms with E-state index in [0.717, 1.165) is 5.03 Å². The van der Waals surface area contributed by atoms with Crippen LogP contribution in [0.4, 0.5) is 0 Å². The highest BCUT2D eigenvalue weighted by Gasteiger charge is 2.34. The molecular formula is C28H37N5O6S2. The molecule has 0 saturated carbocycles. The first-order chi connectivity index (χ1) is 19.7. The summed E-state index contributed by atoms with van der Waals surface area (Å²) in [5, 5.41) is 17.7. The predicted molar refractivity (Wildman–Crippen MR) is 158 cm³/mol. The number of amides is 3. The quantitative estimate of drug-likeness (QED) is 0.153. The monoisotopic (exact) mass is 603 g/mol. The maximum Gasteiger partial charge on any atom is 0.324 e. The van der Waals surface area contributed by atoms with Gasteiger partial charge < -0.3 is 20.5 Å². The molecule has 1 fully saturated rings. The summed E-state index contributed by atoms with van der Waals surface area (Å²) in [7, 11) is 4.26. The fourth-order valence-corrected chi connectivity index (χ4v) is 6.11. The topological polar surface area (TPSA) is 150 Å². The number of carbonyl (C=O) groups is 4. The number of pyridine rings is 1. The molecule has 1 aliphatic heterocycles. The summed E-state index contributed by atoms with van der Waals surface area (Å²) < 4.78 is 4.82. The fourth-order valence-electron chi connectivity index (χ4n) is 4.24. The minimum absolute atomic E-state index is 0.0354. The minimum Gasteiger partial charge on any atom is -0.508 e. The van der Waals surface area contributed by atoms with Crippen LogP contribution in [0.1, 0.15) is 38.7 Å². The smallest absolute Gasteiger partial charge is 0.324 e. The van der Waals surface area contributed by atoms with E-state index in [4.69, 9.17) is 4.74 Å². The van der Waals surface area contributed by atoms with Crippen LogP contribution in [-0.4, -0.2) is 76.3 Å². The number of methoxy groups -OCH3 is 1. The van der Waals surface area contributed by atoms with Gasteiger partial charge in [0, 0.05) is 31.3 Å². The average molecular weight is 604 g/mol. The fraction of sp³-hybridized carbons (Fsp3) is 0.464. The molecule has 0 bridgehead atoms. The Balaban J connectivity index is 1.66. The zero-order valence-electron chi connectivity index (χ0n) is 23.4. The first kappa shape index (κ1) is 32.2. The zero-order valence-corrected chi connectivity index (χ0v) is 25.0. The van der Waals surface area contributed by atoms with Gasteiger partial charge in [-0.1, -0.05) is 42.8 Å². The Hall–Kier alpha value is -3.29. The van der Waals surface area contributed by atoms with Crippen molar-refractivity contribution in [1.82, 2.24) is 26.1 Å². The van der Waals surface area contributed by atoms with E-state index in [-0.39, 0.29) is 30.4 Å². The van der Waals surface area contributed by atoms with E-state index in [1.165, 1.54) is 45.8 Å². The molecule has 41 heavy (non-hydrogen) atoms. The van der Waals surface area contributed by atoms with Crippen LogP contribution in [-0.2, 0) is 30.3 Å². The van der Waals surface area contributed by atoms with Crippen molar-refractivity contribution in [3.8, 4) is 5.75 Å². The van der Waals surface area contributed by atoms with Gasteiger partial charge in [-0.2, -0.15) is 0 Å². The van der Waals surface area contributed by atoms with Crippen LogP contribution in [0.2, 0.25) is 0 Å². The molecule has 222 valence electrons. The number of nitrogens with one attached hydrogen (secondary N) is 3. The Morgan fingerprint density at radius 2 is 1.98 bits per heavy atom. The van der Waals surface area contributed by atoms with Gasteiger partial charge in [0.1, 0.15) is 28.9 Å². The summed E-state index contributed by atoms with van der Waals surface area (Å²) in [6, 6.07) is 9.50. The number of aromatic nitrogens is 1. The van der Waals surface area contributed by atoms with Crippen molar-refractivity contribution in [1.29, 1.82) is 0 Å². The second kappa shape index (κ2) is 16.2. The van der Waals surface area contributed by atoms with E-state index >= 15 is 0 Å². The molecule has 1 aromatic heterocycles. The molecule has 3 amide bonds. The highest BCUT2D eigenvalue weighted by molar-refractivity contribution is 8.76. The van der Waals surface area contributed by atoms with Gasteiger partial charge in [-0.15, -0.1) is 0 Å². The number of hydrogen-bond acceptors (Lipinski definition) is 10. The number of aromatic hydroxyl groups is 1. The number of phenols is 1. The lowest BCUT2D eigenvalue weighted by atomic mass is 10.00. The standard InChI is InChI=1S/C28H37N5O6S2/c1-18(2)25(31-23(35)12-15-40-41-24-11-4-5-13-29-24)26(36)30-22(17-19-8-6-9-20(34)16-19)27(37)33-14-7-10-21(32-33)28(38)39-3/h4-6,8-9,11,13,16,18,21-22,25,32,34H,7,10,12,14-15,17H2,1-3H3,(H,30,36)(H,31,35)/t21-,22-,25?/m0/s1. The first-order valence-electron chi connectivity index (χ1n) is 13.4. The molecule has 3 rings (SSSR count). The summed E-state index contributed by atoms with van der Waals surface area (Å²) >= 11 is 0. The summed E-state index contributed by atoms with van der Waals surface area (Å²) in [4.78, 5) is 56.1. The third-order valence-corrected chi connectivity index (χ3v) is 8.63. The van der Waals surface area contributed by atoms with E-state index in [9.17, 15) is 24.3 Å². The van der Waals surface area contributed by atoms with Crippen molar-refractivity contribution in [2.24, 2.45) is 5.92 Å².